The zero-order chi connectivity index (χ0) is 19.1. The van der Waals surface area contributed by atoms with Gasteiger partial charge in [-0.3, -0.25) is 9.78 Å². The van der Waals surface area contributed by atoms with Gasteiger partial charge in [0.25, 0.3) is 0 Å². The number of nitrogens with one attached hydrogen (secondary N) is 1. The topological polar surface area (TPSA) is 67.9 Å². The quantitative estimate of drug-likeness (QED) is 0.570. The third kappa shape index (κ3) is 5.44. The molecule has 2 heterocycles. The van der Waals surface area contributed by atoms with Crippen LogP contribution in [-0.2, 0) is 22.6 Å². The zero-order valence-electron chi connectivity index (χ0n) is 15.5. The molecule has 0 aliphatic carbocycles. The van der Waals surface area contributed by atoms with Crippen molar-refractivity contribution < 1.29 is 9.53 Å². The lowest BCUT2D eigenvalue weighted by atomic mass is 9.99. The summed E-state index contributed by atoms with van der Waals surface area (Å²) in [6.45, 7) is 4.53. The Hall–Kier alpha value is -2.60. The molecule has 0 saturated heterocycles. The molecule has 0 aliphatic rings. The van der Waals surface area contributed by atoms with Crippen LogP contribution in [-0.4, -0.2) is 20.9 Å². The Bertz CT molecular complexity index is 864. The Morgan fingerprint density at radius 3 is 2.74 bits per heavy atom. The SMILES string of the molecule is CC(C)c1c(COC(=O)CCc2ncc[nH]2)cncc1Sc1ccccc1. The van der Waals surface area contributed by atoms with Crippen LogP contribution >= 0.6 is 11.8 Å². The molecule has 0 aliphatic heterocycles. The molecule has 6 heteroatoms. The van der Waals surface area contributed by atoms with Gasteiger partial charge in [0.2, 0.25) is 0 Å². The monoisotopic (exact) mass is 381 g/mol. The Kier molecular flexibility index (Phi) is 6.65. The number of hydrogen-bond donors (Lipinski definition) is 1. The van der Waals surface area contributed by atoms with E-state index in [1.54, 1.807) is 30.4 Å². The second-order valence-corrected chi connectivity index (χ2v) is 7.59. The van der Waals surface area contributed by atoms with Gasteiger partial charge in [0.15, 0.2) is 0 Å². The van der Waals surface area contributed by atoms with Crippen molar-refractivity contribution in [3.05, 3.63) is 72.1 Å². The third-order valence-corrected chi connectivity index (χ3v) is 5.14. The Balaban J connectivity index is 1.67. The van der Waals surface area contributed by atoms with E-state index < -0.39 is 0 Å². The van der Waals surface area contributed by atoms with Gasteiger partial charge < -0.3 is 9.72 Å². The molecule has 0 fully saturated rings. The summed E-state index contributed by atoms with van der Waals surface area (Å²) in [7, 11) is 0. The number of benzene rings is 1. The molecule has 3 rings (SSSR count). The number of nitrogens with zero attached hydrogens (tertiary/aromatic N) is 2. The highest BCUT2D eigenvalue weighted by atomic mass is 32.2. The Morgan fingerprint density at radius 2 is 2.04 bits per heavy atom. The molecular formula is C21H23N3O2S. The van der Waals surface area contributed by atoms with Crippen LogP contribution in [0.25, 0.3) is 0 Å². The number of carbonyl (C=O) groups is 1. The second kappa shape index (κ2) is 9.37. The number of aromatic nitrogens is 3. The summed E-state index contributed by atoms with van der Waals surface area (Å²) >= 11 is 1.68. The lowest BCUT2D eigenvalue weighted by Gasteiger charge is -2.17. The van der Waals surface area contributed by atoms with E-state index in [0.717, 1.165) is 21.2 Å². The maximum Gasteiger partial charge on any atom is 0.306 e. The van der Waals surface area contributed by atoms with Crippen LogP contribution in [0.4, 0.5) is 0 Å². The number of hydrogen-bond acceptors (Lipinski definition) is 5. The number of pyridine rings is 1. The molecule has 140 valence electrons. The second-order valence-electron chi connectivity index (χ2n) is 6.48. The van der Waals surface area contributed by atoms with Gasteiger partial charge >= 0.3 is 5.97 Å². The number of rotatable bonds is 8. The maximum absolute atomic E-state index is 12.1. The molecule has 0 radical (unpaired) electrons. The van der Waals surface area contributed by atoms with Crippen LogP contribution in [0.1, 0.15) is 43.1 Å². The molecule has 0 saturated carbocycles. The van der Waals surface area contributed by atoms with Crippen molar-refractivity contribution in [2.24, 2.45) is 0 Å². The minimum Gasteiger partial charge on any atom is -0.461 e. The smallest absolute Gasteiger partial charge is 0.306 e. The van der Waals surface area contributed by atoms with Gasteiger partial charge in [0, 0.05) is 46.6 Å². The highest BCUT2D eigenvalue weighted by molar-refractivity contribution is 7.99. The Morgan fingerprint density at radius 1 is 1.22 bits per heavy atom. The molecule has 1 aromatic carbocycles. The van der Waals surface area contributed by atoms with Gasteiger partial charge in [0.1, 0.15) is 12.4 Å². The molecule has 0 spiro atoms. The summed E-state index contributed by atoms with van der Waals surface area (Å²) in [5.74, 6) is 0.857. The van der Waals surface area contributed by atoms with Crippen LogP contribution in [0.3, 0.4) is 0 Å². The van der Waals surface area contributed by atoms with Crippen molar-refractivity contribution in [2.75, 3.05) is 0 Å². The normalized spacial score (nSPS) is 10.9. The average Bonchev–Trinajstić information content (AvgIpc) is 3.19. The fraction of sp³-hybridized carbons (Fsp3) is 0.286. The van der Waals surface area contributed by atoms with Crippen molar-refractivity contribution in [3.63, 3.8) is 0 Å². The number of carbonyl (C=O) groups excluding carboxylic acids is 1. The molecule has 1 N–H and O–H groups in total. The highest BCUT2D eigenvalue weighted by Gasteiger charge is 2.15. The standard InChI is InChI=1S/C21H23N3O2S/c1-15(2)21-16(14-26-20(25)9-8-19-23-10-11-24-19)12-22-13-18(21)27-17-6-4-3-5-7-17/h3-7,10-13,15H,8-9,14H2,1-2H3,(H,23,24). The molecule has 0 atom stereocenters. The number of ether oxygens (including phenoxy) is 1. The predicted molar refractivity (Wildman–Crippen MR) is 106 cm³/mol. The lowest BCUT2D eigenvalue weighted by molar-refractivity contribution is -0.144. The van der Waals surface area contributed by atoms with E-state index in [0.29, 0.717) is 18.8 Å². The highest BCUT2D eigenvalue weighted by Crippen LogP contribution is 2.35. The largest absolute Gasteiger partial charge is 0.461 e. The molecule has 3 aromatic rings. The first-order chi connectivity index (χ1) is 13.1. The summed E-state index contributed by atoms with van der Waals surface area (Å²) in [5, 5.41) is 0. The molecule has 5 nitrogen and oxygen atoms in total. The van der Waals surface area contributed by atoms with Crippen molar-refractivity contribution in [1.29, 1.82) is 0 Å². The first kappa shape index (κ1) is 19.2. The summed E-state index contributed by atoms with van der Waals surface area (Å²) in [5.41, 5.74) is 2.13. The molecule has 2 aromatic heterocycles. The van der Waals surface area contributed by atoms with Gasteiger partial charge in [-0.25, -0.2) is 4.98 Å². The number of imidazole rings is 1. The summed E-state index contributed by atoms with van der Waals surface area (Å²) in [6.07, 6.45) is 7.95. The van der Waals surface area contributed by atoms with Crippen molar-refractivity contribution in [1.82, 2.24) is 15.0 Å². The van der Waals surface area contributed by atoms with E-state index in [1.165, 1.54) is 5.56 Å². The number of aryl methyl sites for hydroxylation is 1. The maximum atomic E-state index is 12.1. The lowest BCUT2D eigenvalue weighted by Crippen LogP contribution is -2.09. The summed E-state index contributed by atoms with van der Waals surface area (Å²) in [6, 6.07) is 10.2. The van der Waals surface area contributed by atoms with Crippen molar-refractivity contribution in [2.45, 2.75) is 49.0 Å². The van der Waals surface area contributed by atoms with Crippen LogP contribution in [0.5, 0.6) is 0 Å². The number of H-pyrrole nitrogens is 1. The minimum atomic E-state index is -0.234. The van der Waals surface area contributed by atoms with Crippen LogP contribution in [0, 0.1) is 0 Å². The van der Waals surface area contributed by atoms with Crippen LogP contribution in [0.15, 0.2) is 64.9 Å². The van der Waals surface area contributed by atoms with Crippen molar-refractivity contribution >= 4 is 17.7 Å². The summed E-state index contributed by atoms with van der Waals surface area (Å²) < 4.78 is 5.49. The minimum absolute atomic E-state index is 0.234. The first-order valence-electron chi connectivity index (χ1n) is 8.97. The Labute approximate surface area is 163 Å². The van der Waals surface area contributed by atoms with Gasteiger partial charge in [0.05, 0.1) is 6.42 Å². The van der Waals surface area contributed by atoms with E-state index in [-0.39, 0.29) is 12.6 Å². The summed E-state index contributed by atoms with van der Waals surface area (Å²) in [4.78, 5) is 25.8. The number of aromatic amines is 1. The van der Waals surface area contributed by atoms with E-state index >= 15 is 0 Å². The van der Waals surface area contributed by atoms with E-state index in [1.807, 2.05) is 24.4 Å². The average molecular weight is 382 g/mol. The van der Waals surface area contributed by atoms with Gasteiger partial charge in [-0.1, -0.05) is 43.8 Å². The molecule has 0 amide bonds. The van der Waals surface area contributed by atoms with Gasteiger partial charge in [-0.2, -0.15) is 0 Å². The van der Waals surface area contributed by atoms with Crippen molar-refractivity contribution in [3.8, 4) is 0 Å². The van der Waals surface area contributed by atoms with Gasteiger partial charge in [-0.05, 0) is 23.6 Å². The van der Waals surface area contributed by atoms with E-state index in [2.05, 4.69) is 40.9 Å². The predicted octanol–water partition coefficient (Wildman–Crippen LogP) is 4.76. The molecular weight excluding hydrogens is 358 g/mol. The van der Waals surface area contributed by atoms with Crippen LogP contribution < -0.4 is 0 Å². The third-order valence-electron chi connectivity index (χ3n) is 4.09. The molecule has 27 heavy (non-hydrogen) atoms. The number of esters is 1. The van der Waals surface area contributed by atoms with E-state index in [4.69, 9.17) is 4.74 Å². The first-order valence-corrected chi connectivity index (χ1v) is 9.78. The van der Waals surface area contributed by atoms with E-state index in [9.17, 15) is 4.79 Å². The van der Waals surface area contributed by atoms with Gasteiger partial charge in [-0.15, -0.1) is 0 Å². The van der Waals surface area contributed by atoms with Crippen LogP contribution in [0.2, 0.25) is 0 Å². The molecule has 0 bridgehead atoms. The molecule has 0 unspecified atom stereocenters. The zero-order valence-corrected chi connectivity index (χ0v) is 16.3. The fourth-order valence-corrected chi connectivity index (χ4v) is 3.98. The fourth-order valence-electron chi connectivity index (χ4n) is 2.84.